The molecule has 0 aliphatic rings. The van der Waals surface area contributed by atoms with E-state index in [1.165, 1.54) is 5.69 Å². The van der Waals surface area contributed by atoms with Crippen molar-refractivity contribution < 1.29 is 4.74 Å². The summed E-state index contributed by atoms with van der Waals surface area (Å²) in [6.07, 6.45) is 7.61. The zero-order valence-corrected chi connectivity index (χ0v) is 12.5. The summed E-state index contributed by atoms with van der Waals surface area (Å²) < 4.78 is 9.33. The normalized spacial score (nSPS) is 11.4. The smallest absolute Gasteiger partial charge is 0.122 e. The van der Waals surface area contributed by atoms with Crippen LogP contribution in [0.4, 0.5) is 0 Å². The molecule has 0 aliphatic heterocycles. The van der Waals surface area contributed by atoms with Gasteiger partial charge in [0.1, 0.15) is 5.82 Å². The number of nitrogens with zero attached hydrogens (tertiary/aromatic N) is 5. The fourth-order valence-electron chi connectivity index (χ4n) is 2.13. The molecule has 2 heterocycles. The van der Waals surface area contributed by atoms with E-state index in [4.69, 9.17) is 4.74 Å². The van der Waals surface area contributed by atoms with Crippen molar-refractivity contribution in [2.45, 2.75) is 26.6 Å². The maximum absolute atomic E-state index is 5.13. The number of aromatic nitrogens is 4. The Morgan fingerprint density at radius 1 is 1.35 bits per heavy atom. The average molecular weight is 277 g/mol. The van der Waals surface area contributed by atoms with E-state index in [-0.39, 0.29) is 0 Å². The molecule has 0 aliphatic carbocycles. The van der Waals surface area contributed by atoms with Gasteiger partial charge in [-0.15, -0.1) is 0 Å². The summed E-state index contributed by atoms with van der Waals surface area (Å²) >= 11 is 0. The van der Waals surface area contributed by atoms with Crippen LogP contribution < -0.4 is 0 Å². The highest BCUT2D eigenvalue weighted by Crippen LogP contribution is 2.08. The molecule has 0 saturated heterocycles. The summed E-state index contributed by atoms with van der Waals surface area (Å²) in [4.78, 5) is 11.0. The van der Waals surface area contributed by atoms with E-state index in [2.05, 4.69) is 30.9 Å². The maximum Gasteiger partial charge on any atom is 0.122 e. The molecule has 2 rings (SSSR count). The molecule has 0 bridgehead atoms. The van der Waals surface area contributed by atoms with Gasteiger partial charge in [-0.3, -0.25) is 4.90 Å². The molecule has 0 amide bonds. The topological polar surface area (TPSA) is 48.1 Å². The Balaban J connectivity index is 1.99. The first-order valence-corrected chi connectivity index (χ1v) is 6.91. The zero-order valence-electron chi connectivity index (χ0n) is 12.5. The first kappa shape index (κ1) is 14.7. The van der Waals surface area contributed by atoms with Gasteiger partial charge in [0, 0.05) is 45.8 Å². The molecular weight excluding hydrogens is 254 g/mol. The third kappa shape index (κ3) is 3.68. The number of ether oxygens (including phenoxy) is 1. The Morgan fingerprint density at radius 2 is 2.20 bits per heavy atom. The lowest BCUT2D eigenvalue weighted by Crippen LogP contribution is -2.25. The molecule has 0 N–H and O–H groups in total. The van der Waals surface area contributed by atoms with Crippen LogP contribution in [0.3, 0.4) is 0 Å². The Hall–Kier alpha value is -1.66. The maximum atomic E-state index is 5.13. The predicted molar refractivity (Wildman–Crippen MR) is 77.1 cm³/mol. The van der Waals surface area contributed by atoms with Crippen LogP contribution in [0.1, 0.15) is 18.4 Å². The van der Waals surface area contributed by atoms with Crippen LogP contribution in [-0.4, -0.2) is 44.3 Å². The minimum Gasteiger partial charge on any atom is -0.383 e. The van der Waals surface area contributed by atoms with Gasteiger partial charge in [0.15, 0.2) is 0 Å². The van der Waals surface area contributed by atoms with Gasteiger partial charge in [0.25, 0.3) is 0 Å². The summed E-state index contributed by atoms with van der Waals surface area (Å²) in [6.45, 7) is 6.39. The summed E-state index contributed by atoms with van der Waals surface area (Å²) in [5.74, 6) is 1.08. The molecule has 0 saturated carbocycles. The summed E-state index contributed by atoms with van der Waals surface area (Å²) in [5.41, 5.74) is 1.21. The second-order valence-electron chi connectivity index (χ2n) is 4.83. The Kier molecular flexibility index (Phi) is 5.31. The molecule has 6 heteroatoms. The Labute approximate surface area is 120 Å². The molecule has 20 heavy (non-hydrogen) atoms. The Bertz CT molecular complexity index is 519. The van der Waals surface area contributed by atoms with E-state index in [0.717, 1.165) is 32.0 Å². The molecule has 0 spiro atoms. The first-order chi connectivity index (χ1) is 9.74. The SMILES string of the molecule is CCN(Cc1nccn1C)Cc1cncn1CCOC. The monoisotopic (exact) mass is 277 g/mol. The van der Waals surface area contributed by atoms with Gasteiger partial charge in [0.2, 0.25) is 0 Å². The van der Waals surface area contributed by atoms with E-state index in [1.807, 2.05) is 32.0 Å². The third-order valence-electron chi connectivity index (χ3n) is 3.45. The number of hydrogen-bond donors (Lipinski definition) is 0. The molecule has 0 aromatic carbocycles. The molecule has 6 nitrogen and oxygen atoms in total. The van der Waals surface area contributed by atoms with Gasteiger partial charge in [-0.2, -0.15) is 0 Å². The lowest BCUT2D eigenvalue weighted by molar-refractivity contribution is 0.183. The lowest BCUT2D eigenvalue weighted by atomic mass is 10.3. The highest BCUT2D eigenvalue weighted by molar-refractivity contribution is 4.99. The second-order valence-corrected chi connectivity index (χ2v) is 4.83. The van der Waals surface area contributed by atoms with Crippen LogP contribution in [-0.2, 0) is 31.4 Å². The van der Waals surface area contributed by atoms with Crippen molar-refractivity contribution in [1.82, 2.24) is 24.0 Å². The van der Waals surface area contributed by atoms with E-state index in [1.54, 1.807) is 7.11 Å². The van der Waals surface area contributed by atoms with Crippen LogP contribution in [0.2, 0.25) is 0 Å². The lowest BCUT2D eigenvalue weighted by Gasteiger charge is -2.20. The largest absolute Gasteiger partial charge is 0.383 e. The minimum absolute atomic E-state index is 0.703. The quantitative estimate of drug-likeness (QED) is 0.729. The number of rotatable bonds is 8. The minimum atomic E-state index is 0.703. The van der Waals surface area contributed by atoms with Crippen molar-refractivity contribution in [3.63, 3.8) is 0 Å². The van der Waals surface area contributed by atoms with Crippen LogP contribution in [0.25, 0.3) is 0 Å². The summed E-state index contributed by atoms with van der Waals surface area (Å²) in [5, 5.41) is 0. The van der Waals surface area contributed by atoms with Gasteiger partial charge >= 0.3 is 0 Å². The zero-order chi connectivity index (χ0) is 14.4. The molecule has 2 aromatic rings. The van der Waals surface area contributed by atoms with Crippen LogP contribution in [0, 0.1) is 0 Å². The van der Waals surface area contributed by atoms with Crippen molar-refractivity contribution in [3.8, 4) is 0 Å². The fraction of sp³-hybridized carbons (Fsp3) is 0.571. The predicted octanol–water partition coefficient (Wildman–Crippen LogP) is 1.29. The standard InChI is InChI=1S/C14H23N5O/c1-4-18(11-14-16-5-6-17(14)2)10-13-9-15-12-19(13)7-8-20-3/h5-6,9,12H,4,7-8,10-11H2,1-3H3. The molecule has 110 valence electrons. The van der Waals surface area contributed by atoms with Gasteiger partial charge in [0.05, 0.1) is 25.2 Å². The summed E-state index contributed by atoms with van der Waals surface area (Å²) in [6, 6.07) is 0. The number of imidazole rings is 2. The van der Waals surface area contributed by atoms with Crippen molar-refractivity contribution in [1.29, 1.82) is 0 Å². The van der Waals surface area contributed by atoms with E-state index >= 15 is 0 Å². The van der Waals surface area contributed by atoms with Crippen LogP contribution >= 0.6 is 0 Å². The van der Waals surface area contributed by atoms with E-state index < -0.39 is 0 Å². The summed E-state index contributed by atoms with van der Waals surface area (Å²) in [7, 11) is 3.75. The van der Waals surface area contributed by atoms with Crippen LogP contribution in [0.5, 0.6) is 0 Å². The van der Waals surface area contributed by atoms with Gasteiger partial charge in [-0.1, -0.05) is 6.92 Å². The first-order valence-electron chi connectivity index (χ1n) is 6.91. The second kappa shape index (κ2) is 7.21. The van der Waals surface area contributed by atoms with Gasteiger partial charge in [-0.05, 0) is 6.54 Å². The van der Waals surface area contributed by atoms with Crippen molar-refractivity contribution >= 4 is 0 Å². The molecule has 0 radical (unpaired) electrons. The Morgan fingerprint density at radius 3 is 2.85 bits per heavy atom. The number of methoxy groups -OCH3 is 1. The van der Waals surface area contributed by atoms with E-state index in [0.29, 0.717) is 6.61 Å². The van der Waals surface area contributed by atoms with Crippen molar-refractivity contribution in [2.75, 3.05) is 20.3 Å². The van der Waals surface area contributed by atoms with Crippen molar-refractivity contribution in [2.24, 2.45) is 7.05 Å². The highest BCUT2D eigenvalue weighted by Gasteiger charge is 2.11. The highest BCUT2D eigenvalue weighted by atomic mass is 16.5. The number of aryl methyl sites for hydroxylation is 1. The average Bonchev–Trinajstić information content (AvgIpc) is 3.05. The third-order valence-corrected chi connectivity index (χ3v) is 3.45. The number of hydrogen-bond acceptors (Lipinski definition) is 4. The van der Waals surface area contributed by atoms with Gasteiger partial charge < -0.3 is 13.9 Å². The van der Waals surface area contributed by atoms with Crippen LogP contribution in [0.15, 0.2) is 24.9 Å². The van der Waals surface area contributed by atoms with E-state index in [9.17, 15) is 0 Å². The molecule has 0 atom stereocenters. The van der Waals surface area contributed by atoms with Gasteiger partial charge in [-0.25, -0.2) is 9.97 Å². The molecule has 2 aromatic heterocycles. The molecule has 0 fully saturated rings. The molecular formula is C14H23N5O. The fourth-order valence-corrected chi connectivity index (χ4v) is 2.13. The molecule has 0 unspecified atom stereocenters. The van der Waals surface area contributed by atoms with Crippen molar-refractivity contribution in [3.05, 3.63) is 36.4 Å².